The SMILES string of the molecule is CN1/C(=C\C=C(/C#N)C(=O)Nc2ccc(Cl)cc2)C(C)(C)c2ccccc21. The summed E-state index contributed by atoms with van der Waals surface area (Å²) >= 11 is 5.85. The van der Waals surface area contributed by atoms with Crippen LogP contribution < -0.4 is 10.2 Å². The normalized spacial score (nSPS) is 16.8. The highest BCUT2D eigenvalue weighted by molar-refractivity contribution is 6.30. The van der Waals surface area contributed by atoms with Gasteiger partial charge in [-0.25, -0.2) is 0 Å². The van der Waals surface area contributed by atoms with Crippen molar-refractivity contribution >= 4 is 28.9 Å². The van der Waals surface area contributed by atoms with Crippen LogP contribution in [0.5, 0.6) is 0 Å². The Kier molecular flexibility index (Phi) is 5.07. The number of anilines is 2. The summed E-state index contributed by atoms with van der Waals surface area (Å²) in [5, 5.41) is 12.7. The van der Waals surface area contributed by atoms with Crippen molar-refractivity contribution in [2.75, 3.05) is 17.3 Å². The Balaban J connectivity index is 1.87. The number of hydrogen-bond donors (Lipinski definition) is 1. The number of nitrogens with zero attached hydrogens (tertiary/aromatic N) is 2. The summed E-state index contributed by atoms with van der Waals surface area (Å²) in [5.74, 6) is -0.451. The molecule has 4 nitrogen and oxygen atoms in total. The third kappa shape index (κ3) is 3.60. The second-order valence-corrected chi connectivity index (χ2v) is 7.34. The second kappa shape index (κ2) is 7.30. The number of para-hydroxylation sites is 1. The summed E-state index contributed by atoms with van der Waals surface area (Å²) < 4.78 is 0. The molecule has 0 aromatic heterocycles. The zero-order valence-electron chi connectivity index (χ0n) is 15.5. The summed E-state index contributed by atoms with van der Waals surface area (Å²) in [4.78, 5) is 14.5. The standard InChI is InChI=1S/C22H20ClN3O/c1-22(2)18-6-4-5-7-19(18)26(3)20(22)13-8-15(14-24)21(27)25-17-11-9-16(23)10-12-17/h4-13H,1-3H3,(H,25,27)/b15-8+,20-13-. The van der Waals surface area contributed by atoms with Crippen LogP contribution in [0.25, 0.3) is 0 Å². The van der Waals surface area contributed by atoms with Crippen molar-refractivity contribution in [1.29, 1.82) is 5.26 Å². The van der Waals surface area contributed by atoms with E-state index >= 15 is 0 Å². The minimum absolute atomic E-state index is 0.0395. The van der Waals surface area contributed by atoms with Crippen LogP contribution >= 0.6 is 11.6 Å². The van der Waals surface area contributed by atoms with Gasteiger partial charge in [0.15, 0.2) is 0 Å². The maximum Gasteiger partial charge on any atom is 0.266 e. The number of fused-ring (bicyclic) bond motifs is 1. The Hall–Kier alpha value is -3.03. The van der Waals surface area contributed by atoms with E-state index in [-0.39, 0.29) is 11.0 Å². The Morgan fingerprint density at radius 2 is 1.85 bits per heavy atom. The van der Waals surface area contributed by atoms with Crippen molar-refractivity contribution < 1.29 is 4.79 Å². The third-order valence-electron chi connectivity index (χ3n) is 4.82. The Labute approximate surface area is 164 Å². The van der Waals surface area contributed by atoms with Gasteiger partial charge >= 0.3 is 0 Å². The molecule has 0 saturated heterocycles. The summed E-state index contributed by atoms with van der Waals surface area (Å²) in [6, 6.07) is 16.9. The number of amides is 1. The first-order valence-corrected chi connectivity index (χ1v) is 8.95. The van der Waals surface area contributed by atoms with Crippen LogP contribution in [0.3, 0.4) is 0 Å². The molecule has 5 heteroatoms. The van der Waals surface area contributed by atoms with Crippen LogP contribution in [0.4, 0.5) is 11.4 Å². The molecule has 136 valence electrons. The largest absolute Gasteiger partial charge is 0.347 e. The Morgan fingerprint density at radius 3 is 2.48 bits per heavy atom. The predicted octanol–water partition coefficient (Wildman–Crippen LogP) is 5.04. The highest BCUT2D eigenvalue weighted by Crippen LogP contribution is 2.46. The van der Waals surface area contributed by atoms with E-state index in [1.54, 1.807) is 30.3 Å². The van der Waals surface area contributed by atoms with Crippen LogP contribution in [-0.4, -0.2) is 13.0 Å². The second-order valence-electron chi connectivity index (χ2n) is 6.91. The average Bonchev–Trinajstić information content (AvgIpc) is 2.85. The van der Waals surface area contributed by atoms with E-state index in [0.29, 0.717) is 10.7 Å². The highest BCUT2D eigenvalue weighted by Gasteiger charge is 2.37. The topological polar surface area (TPSA) is 56.1 Å². The lowest BCUT2D eigenvalue weighted by Gasteiger charge is -2.23. The molecule has 1 aliphatic heterocycles. The fourth-order valence-corrected chi connectivity index (χ4v) is 3.49. The number of allylic oxidation sites excluding steroid dienone is 3. The van der Waals surface area contributed by atoms with E-state index < -0.39 is 5.91 Å². The lowest BCUT2D eigenvalue weighted by atomic mass is 9.83. The Bertz CT molecular complexity index is 981. The van der Waals surface area contributed by atoms with Crippen molar-refractivity contribution in [3.05, 3.63) is 82.5 Å². The minimum atomic E-state index is -0.451. The lowest BCUT2D eigenvalue weighted by Crippen LogP contribution is -2.22. The molecule has 2 aromatic carbocycles. The lowest BCUT2D eigenvalue weighted by molar-refractivity contribution is -0.112. The number of benzene rings is 2. The molecule has 0 radical (unpaired) electrons. The molecule has 2 aromatic rings. The molecule has 0 bridgehead atoms. The molecule has 1 amide bonds. The van der Waals surface area contributed by atoms with Crippen LogP contribution in [-0.2, 0) is 10.2 Å². The zero-order valence-corrected chi connectivity index (χ0v) is 16.2. The van der Waals surface area contributed by atoms with Gasteiger partial charge < -0.3 is 10.2 Å². The fraction of sp³-hybridized carbons (Fsp3) is 0.182. The molecule has 0 atom stereocenters. The van der Waals surface area contributed by atoms with Crippen molar-refractivity contribution in [1.82, 2.24) is 0 Å². The van der Waals surface area contributed by atoms with Crippen molar-refractivity contribution in [2.24, 2.45) is 0 Å². The Morgan fingerprint density at radius 1 is 1.19 bits per heavy atom. The molecule has 1 heterocycles. The van der Waals surface area contributed by atoms with Gasteiger partial charge in [-0.1, -0.05) is 43.6 Å². The molecular weight excluding hydrogens is 358 g/mol. The number of rotatable bonds is 3. The number of carbonyl (C=O) groups excluding carboxylic acids is 1. The van der Waals surface area contributed by atoms with Gasteiger partial charge in [-0.15, -0.1) is 0 Å². The molecule has 27 heavy (non-hydrogen) atoms. The predicted molar refractivity (Wildman–Crippen MR) is 110 cm³/mol. The van der Waals surface area contributed by atoms with Gasteiger partial charge in [-0.3, -0.25) is 4.79 Å². The van der Waals surface area contributed by atoms with Crippen molar-refractivity contribution in [3.63, 3.8) is 0 Å². The molecular formula is C22H20ClN3O. The molecule has 0 unspecified atom stereocenters. The molecule has 0 fully saturated rings. The number of hydrogen-bond acceptors (Lipinski definition) is 3. The third-order valence-corrected chi connectivity index (χ3v) is 5.07. The van der Waals surface area contributed by atoms with E-state index in [9.17, 15) is 10.1 Å². The number of nitrogens with one attached hydrogen (secondary N) is 1. The van der Waals surface area contributed by atoms with Gasteiger partial charge in [0.1, 0.15) is 11.6 Å². The monoisotopic (exact) mass is 377 g/mol. The van der Waals surface area contributed by atoms with Crippen LogP contribution in [0.2, 0.25) is 5.02 Å². The van der Waals surface area contributed by atoms with E-state index in [1.807, 2.05) is 31.3 Å². The maximum absolute atomic E-state index is 12.4. The quantitative estimate of drug-likeness (QED) is 0.602. The van der Waals surface area contributed by atoms with Gasteiger partial charge in [0.25, 0.3) is 5.91 Å². The molecule has 0 aliphatic carbocycles. The van der Waals surface area contributed by atoms with Crippen LogP contribution in [0.15, 0.2) is 72.0 Å². The molecule has 1 aliphatic rings. The first kappa shape index (κ1) is 18.8. The van der Waals surface area contributed by atoms with Gasteiger partial charge in [0.05, 0.1) is 0 Å². The smallest absolute Gasteiger partial charge is 0.266 e. The maximum atomic E-state index is 12.4. The van der Waals surface area contributed by atoms with Crippen LogP contribution in [0.1, 0.15) is 19.4 Å². The van der Waals surface area contributed by atoms with Crippen molar-refractivity contribution in [2.45, 2.75) is 19.3 Å². The van der Waals surface area contributed by atoms with Gasteiger partial charge in [-0.05, 0) is 48.0 Å². The van der Waals surface area contributed by atoms with E-state index in [2.05, 4.69) is 36.2 Å². The van der Waals surface area contributed by atoms with Gasteiger partial charge in [0, 0.05) is 34.6 Å². The fourth-order valence-electron chi connectivity index (χ4n) is 3.36. The minimum Gasteiger partial charge on any atom is -0.347 e. The van der Waals surface area contributed by atoms with Gasteiger partial charge in [0.2, 0.25) is 0 Å². The molecule has 1 N–H and O–H groups in total. The highest BCUT2D eigenvalue weighted by atomic mass is 35.5. The van der Waals surface area contributed by atoms with E-state index in [0.717, 1.165) is 11.4 Å². The van der Waals surface area contributed by atoms with Crippen LogP contribution in [0, 0.1) is 11.3 Å². The summed E-state index contributed by atoms with van der Waals surface area (Å²) in [7, 11) is 1.99. The number of likely N-dealkylation sites (N-methyl/N-ethyl adjacent to an activating group) is 1. The molecule has 3 rings (SSSR count). The van der Waals surface area contributed by atoms with E-state index in [1.165, 1.54) is 5.56 Å². The molecule has 0 spiro atoms. The van der Waals surface area contributed by atoms with E-state index in [4.69, 9.17) is 11.6 Å². The number of nitriles is 1. The summed E-state index contributed by atoms with van der Waals surface area (Å²) in [6.45, 7) is 4.27. The zero-order chi connectivity index (χ0) is 19.6. The molecule has 0 saturated carbocycles. The summed E-state index contributed by atoms with van der Waals surface area (Å²) in [6.07, 6.45) is 3.42. The van der Waals surface area contributed by atoms with Gasteiger partial charge in [-0.2, -0.15) is 5.26 Å². The van der Waals surface area contributed by atoms with Crippen molar-refractivity contribution in [3.8, 4) is 6.07 Å². The first-order valence-electron chi connectivity index (χ1n) is 8.57. The average molecular weight is 378 g/mol. The number of halogens is 1. The first-order chi connectivity index (χ1) is 12.8. The summed E-state index contributed by atoms with van der Waals surface area (Å²) in [5.41, 5.74) is 3.79. The number of carbonyl (C=O) groups is 1.